The number of nitrogens with zero attached hydrogens (tertiary/aromatic N) is 1. The predicted octanol–water partition coefficient (Wildman–Crippen LogP) is 16.5. The summed E-state index contributed by atoms with van der Waals surface area (Å²) in [5.74, 6) is 0. The van der Waals surface area contributed by atoms with Gasteiger partial charge in [-0.1, -0.05) is 194 Å². The van der Waals surface area contributed by atoms with E-state index in [2.05, 4.69) is 229 Å². The molecule has 11 rings (SSSR count). The van der Waals surface area contributed by atoms with Gasteiger partial charge in [0.1, 0.15) is 11.2 Å². The Morgan fingerprint density at radius 1 is 0.283 bits per heavy atom. The molecule has 282 valence electrons. The maximum Gasteiger partial charge on any atom is 0.136 e. The normalized spacial score (nSPS) is 11.3. The largest absolute Gasteiger partial charge is 0.456 e. The van der Waals surface area contributed by atoms with Crippen molar-refractivity contribution in [3.63, 3.8) is 0 Å². The van der Waals surface area contributed by atoms with Crippen molar-refractivity contribution in [3.8, 4) is 55.6 Å². The Morgan fingerprint density at radius 2 is 0.767 bits per heavy atom. The molecular weight excluding hydrogens is 727 g/mol. The second-order valence-electron chi connectivity index (χ2n) is 15.2. The molecule has 60 heavy (non-hydrogen) atoms. The maximum atomic E-state index is 6.29. The molecule has 10 aromatic carbocycles. The van der Waals surface area contributed by atoms with Crippen LogP contribution in [0.4, 0.5) is 17.1 Å². The molecule has 0 aliphatic carbocycles. The zero-order chi connectivity index (χ0) is 39.8. The number of hydrogen-bond donors (Lipinski definition) is 0. The van der Waals surface area contributed by atoms with Gasteiger partial charge in [0.05, 0.1) is 11.4 Å². The van der Waals surface area contributed by atoms with Gasteiger partial charge < -0.3 is 9.32 Å². The van der Waals surface area contributed by atoms with Crippen LogP contribution in [-0.4, -0.2) is 0 Å². The topological polar surface area (TPSA) is 16.4 Å². The molecule has 0 aliphatic rings. The molecule has 0 aliphatic heterocycles. The van der Waals surface area contributed by atoms with Gasteiger partial charge in [-0.25, -0.2) is 0 Å². The van der Waals surface area contributed by atoms with Gasteiger partial charge in [0.25, 0.3) is 0 Å². The fourth-order valence-corrected chi connectivity index (χ4v) is 8.82. The smallest absolute Gasteiger partial charge is 0.136 e. The van der Waals surface area contributed by atoms with Crippen LogP contribution in [0.1, 0.15) is 0 Å². The molecule has 0 bridgehead atoms. The van der Waals surface area contributed by atoms with Crippen LogP contribution < -0.4 is 4.90 Å². The minimum absolute atomic E-state index is 0.894. The quantitative estimate of drug-likeness (QED) is 0.153. The number of anilines is 3. The van der Waals surface area contributed by atoms with E-state index in [1.54, 1.807) is 0 Å². The van der Waals surface area contributed by atoms with E-state index in [9.17, 15) is 0 Å². The standard InChI is InChI=1S/C58H39NO/c1-3-15-40(16-4-1)41-29-31-44(32-30-41)48-21-7-10-26-54(48)59(47-36-33-42(34-37-47)46-35-38-52-51-23-9-12-28-56(51)60-57(52)39-46)55-27-11-8-22-50(55)53-25-14-20-45-19-13-24-49(58(45)53)43-17-5-2-6-18-43/h1-39H. The number of rotatable bonds is 8. The van der Waals surface area contributed by atoms with Crippen LogP contribution in [0.3, 0.4) is 0 Å². The van der Waals surface area contributed by atoms with Gasteiger partial charge >= 0.3 is 0 Å². The van der Waals surface area contributed by atoms with Gasteiger partial charge in [0.15, 0.2) is 0 Å². The number of benzene rings is 10. The highest BCUT2D eigenvalue weighted by Gasteiger charge is 2.22. The third-order valence-corrected chi connectivity index (χ3v) is 11.7. The van der Waals surface area contributed by atoms with Gasteiger partial charge in [-0.3, -0.25) is 0 Å². The highest BCUT2D eigenvalue weighted by atomic mass is 16.3. The van der Waals surface area contributed by atoms with Crippen molar-refractivity contribution in [2.24, 2.45) is 0 Å². The maximum absolute atomic E-state index is 6.29. The molecule has 1 aromatic heterocycles. The van der Waals surface area contributed by atoms with Crippen molar-refractivity contribution in [3.05, 3.63) is 237 Å². The van der Waals surface area contributed by atoms with Gasteiger partial charge in [0.2, 0.25) is 0 Å². The first kappa shape index (κ1) is 35.2. The minimum atomic E-state index is 0.894. The molecule has 0 radical (unpaired) electrons. The molecule has 0 amide bonds. The van der Waals surface area contributed by atoms with Gasteiger partial charge in [-0.05, 0) is 97.7 Å². The molecule has 2 nitrogen and oxygen atoms in total. The van der Waals surface area contributed by atoms with Crippen LogP contribution in [0.2, 0.25) is 0 Å². The first-order valence-corrected chi connectivity index (χ1v) is 20.5. The molecule has 0 saturated heterocycles. The van der Waals surface area contributed by atoms with E-state index in [0.29, 0.717) is 0 Å². The number of furan rings is 1. The zero-order valence-electron chi connectivity index (χ0n) is 32.9. The second-order valence-corrected chi connectivity index (χ2v) is 15.2. The second kappa shape index (κ2) is 15.1. The summed E-state index contributed by atoms with van der Waals surface area (Å²) in [6.07, 6.45) is 0. The van der Waals surface area contributed by atoms with E-state index in [0.717, 1.165) is 66.8 Å². The van der Waals surface area contributed by atoms with E-state index in [1.807, 2.05) is 12.1 Å². The third-order valence-electron chi connectivity index (χ3n) is 11.7. The Kier molecular flexibility index (Phi) is 8.87. The van der Waals surface area contributed by atoms with E-state index in [4.69, 9.17) is 4.42 Å². The van der Waals surface area contributed by atoms with E-state index in [-0.39, 0.29) is 0 Å². The number of hydrogen-bond acceptors (Lipinski definition) is 2. The summed E-state index contributed by atoms with van der Waals surface area (Å²) in [6.45, 7) is 0. The lowest BCUT2D eigenvalue weighted by molar-refractivity contribution is 0.669. The summed E-state index contributed by atoms with van der Waals surface area (Å²) >= 11 is 0. The van der Waals surface area contributed by atoms with Crippen molar-refractivity contribution in [2.45, 2.75) is 0 Å². The summed E-state index contributed by atoms with van der Waals surface area (Å²) < 4.78 is 6.29. The Labute approximate surface area is 349 Å². The molecular formula is C58H39NO. The van der Waals surface area contributed by atoms with E-state index >= 15 is 0 Å². The zero-order valence-corrected chi connectivity index (χ0v) is 32.9. The average Bonchev–Trinajstić information content (AvgIpc) is 3.70. The Bertz CT molecular complexity index is 3290. The van der Waals surface area contributed by atoms with E-state index < -0.39 is 0 Å². The van der Waals surface area contributed by atoms with Crippen molar-refractivity contribution in [1.82, 2.24) is 0 Å². The summed E-state index contributed by atoms with van der Waals surface area (Å²) in [6, 6.07) is 85.0. The van der Waals surface area contributed by atoms with Crippen molar-refractivity contribution < 1.29 is 4.42 Å². The van der Waals surface area contributed by atoms with Crippen LogP contribution in [0.15, 0.2) is 241 Å². The van der Waals surface area contributed by atoms with Crippen LogP contribution in [0.5, 0.6) is 0 Å². The SMILES string of the molecule is c1ccc(-c2ccc(-c3ccccc3N(c3ccc(-c4ccc5c(c4)oc4ccccc45)cc3)c3ccccc3-c3cccc4cccc(-c5ccccc5)c34)cc2)cc1. The first-order valence-electron chi connectivity index (χ1n) is 20.5. The third kappa shape index (κ3) is 6.32. The number of para-hydroxylation sites is 3. The lowest BCUT2D eigenvalue weighted by Crippen LogP contribution is -2.12. The van der Waals surface area contributed by atoms with Crippen molar-refractivity contribution >= 4 is 49.8 Å². The first-order chi connectivity index (χ1) is 29.8. The highest BCUT2D eigenvalue weighted by molar-refractivity contribution is 6.09. The van der Waals surface area contributed by atoms with Crippen molar-refractivity contribution in [1.29, 1.82) is 0 Å². The van der Waals surface area contributed by atoms with Gasteiger partial charge in [-0.15, -0.1) is 0 Å². The van der Waals surface area contributed by atoms with Crippen molar-refractivity contribution in [2.75, 3.05) is 4.90 Å². The summed E-state index contributed by atoms with van der Waals surface area (Å²) in [5, 5.41) is 4.71. The van der Waals surface area contributed by atoms with Gasteiger partial charge in [0, 0.05) is 27.6 Å². The molecule has 0 spiro atoms. The summed E-state index contributed by atoms with van der Waals surface area (Å²) in [5.41, 5.74) is 16.8. The summed E-state index contributed by atoms with van der Waals surface area (Å²) in [7, 11) is 0. The van der Waals surface area contributed by atoms with Crippen LogP contribution in [0, 0.1) is 0 Å². The Hall–Kier alpha value is -7.94. The molecule has 2 heteroatoms. The highest BCUT2D eigenvalue weighted by Crippen LogP contribution is 2.47. The minimum Gasteiger partial charge on any atom is -0.456 e. The van der Waals surface area contributed by atoms with Crippen LogP contribution >= 0.6 is 0 Å². The Morgan fingerprint density at radius 3 is 1.52 bits per heavy atom. The number of fused-ring (bicyclic) bond motifs is 4. The average molecular weight is 766 g/mol. The molecule has 0 atom stereocenters. The molecule has 0 N–H and O–H groups in total. The fourth-order valence-electron chi connectivity index (χ4n) is 8.82. The molecule has 0 unspecified atom stereocenters. The van der Waals surface area contributed by atoms with Crippen LogP contribution in [0.25, 0.3) is 88.3 Å². The lowest BCUT2D eigenvalue weighted by Gasteiger charge is -2.30. The van der Waals surface area contributed by atoms with Crippen LogP contribution in [-0.2, 0) is 0 Å². The molecule has 0 saturated carbocycles. The summed E-state index contributed by atoms with van der Waals surface area (Å²) in [4.78, 5) is 2.44. The molecule has 1 heterocycles. The Balaban J connectivity index is 1.09. The van der Waals surface area contributed by atoms with Gasteiger partial charge in [-0.2, -0.15) is 0 Å². The molecule has 11 aromatic rings. The lowest BCUT2D eigenvalue weighted by atomic mass is 9.90. The predicted molar refractivity (Wildman–Crippen MR) is 253 cm³/mol. The van der Waals surface area contributed by atoms with E-state index in [1.165, 1.54) is 38.6 Å². The fraction of sp³-hybridized carbons (Fsp3) is 0. The molecule has 0 fully saturated rings. The monoisotopic (exact) mass is 765 g/mol.